The molecule has 3 aromatic rings. The van der Waals surface area contributed by atoms with Crippen LogP contribution >= 0.6 is 0 Å². The number of halogens is 6. The van der Waals surface area contributed by atoms with E-state index in [0.717, 1.165) is 0 Å². The third-order valence-electron chi connectivity index (χ3n) is 4.20. The van der Waals surface area contributed by atoms with E-state index in [0.29, 0.717) is 33.5 Å². The number of rotatable bonds is 6. The van der Waals surface area contributed by atoms with E-state index in [-0.39, 0.29) is 24.7 Å². The molecule has 1 aromatic carbocycles. The molecule has 2 N–H and O–H groups in total. The highest BCUT2D eigenvalue weighted by Crippen LogP contribution is 2.32. The van der Waals surface area contributed by atoms with Gasteiger partial charge in [-0.3, -0.25) is 0 Å². The standard InChI is InChI=1S/C17H16F6N6O2/c1-8-6-10(13-25-15(31-28-13)17(21,22)23)7-9(2)12(8)30-5-3-4-11-26-27-14(29(11)24)16(18,19)20/h6-7H,3-5,24H2,1-2H3. The second-order valence-electron chi connectivity index (χ2n) is 6.62. The molecular formula is C17H16F6N6O2. The SMILES string of the molecule is Cc1cc(-c2noc(C(F)(F)F)n2)cc(C)c1OCCCc1nnc(C(F)(F)F)n1N. The van der Waals surface area contributed by atoms with Crippen molar-refractivity contribution in [3.63, 3.8) is 0 Å². The van der Waals surface area contributed by atoms with E-state index in [4.69, 9.17) is 10.6 Å². The molecule has 0 saturated carbocycles. The monoisotopic (exact) mass is 450 g/mol. The predicted octanol–water partition coefficient (Wildman–Crippen LogP) is 3.71. The Bertz CT molecular complexity index is 1050. The van der Waals surface area contributed by atoms with E-state index >= 15 is 0 Å². The number of aryl methyl sites for hydroxylation is 3. The summed E-state index contributed by atoms with van der Waals surface area (Å²) in [6, 6.07) is 3.08. The summed E-state index contributed by atoms with van der Waals surface area (Å²) in [4.78, 5) is 3.35. The van der Waals surface area contributed by atoms with E-state index in [1.807, 2.05) is 0 Å². The van der Waals surface area contributed by atoms with Crippen molar-refractivity contribution in [2.45, 2.75) is 39.0 Å². The van der Waals surface area contributed by atoms with Crippen LogP contribution in [0.3, 0.4) is 0 Å². The highest BCUT2D eigenvalue weighted by atomic mass is 19.4. The Hall–Kier alpha value is -3.32. The number of benzene rings is 1. The number of nitrogens with zero attached hydrogens (tertiary/aromatic N) is 5. The first-order valence-corrected chi connectivity index (χ1v) is 8.80. The van der Waals surface area contributed by atoms with Crippen molar-refractivity contribution in [3.8, 4) is 17.1 Å². The largest absolute Gasteiger partial charge is 0.493 e. The Morgan fingerprint density at radius 3 is 2.19 bits per heavy atom. The molecule has 168 valence electrons. The van der Waals surface area contributed by atoms with Gasteiger partial charge in [0.2, 0.25) is 5.82 Å². The molecule has 2 aromatic heterocycles. The van der Waals surface area contributed by atoms with Gasteiger partial charge in [-0.1, -0.05) is 5.16 Å². The second-order valence-corrected chi connectivity index (χ2v) is 6.62. The second kappa shape index (κ2) is 8.07. The van der Waals surface area contributed by atoms with Gasteiger partial charge in [-0.05, 0) is 43.5 Å². The maximum atomic E-state index is 12.7. The van der Waals surface area contributed by atoms with Crippen molar-refractivity contribution in [2.75, 3.05) is 12.4 Å². The predicted molar refractivity (Wildman–Crippen MR) is 93.2 cm³/mol. The zero-order valence-corrected chi connectivity index (χ0v) is 16.2. The van der Waals surface area contributed by atoms with Crippen LogP contribution in [-0.2, 0) is 18.8 Å². The molecule has 31 heavy (non-hydrogen) atoms. The summed E-state index contributed by atoms with van der Waals surface area (Å²) in [6.45, 7) is 3.50. The molecule has 0 unspecified atom stereocenters. The van der Waals surface area contributed by atoms with Gasteiger partial charge < -0.3 is 15.1 Å². The highest BCUT2D eigenvalue weighted by Gasteiger charge is 2.39. The van der Waals surface area contributed by atoms with E-state index < -0.39 is 24.1 Å². The maximum absolute atomic E-state index is 12.7. The van der Waals surface area contributed by atoms with Crippen LogP contribution in [0.5, 0.6) is 5.75 Å². The van der Waals surface area contributed by atoms with Gasteiger partial charge >= 0.3 is 18.2 Å². The lowest BCUT2D eigenvalue weighted by atomic mass is 10.1. The number of alkyl halides is 6. The average molecular weight is 450 g/mol. The van der Waals surface area contributed by atoms with Crippen molar-refractivity contribution in [1.82, 2.24) is 25.0 Å². The minimum absolute atomic E-state index is 0.0442. The Kier molecular flexibility index (Phi) is 5.83. The van der Waals surface area contributed by atoms with Gasteiger partial charge in [-0.15, -0.1) is 10.2 Å². The fraction of sp³-hybridized carbons (Fsp3) is 0.412. The zero-order chi connectivity index (χ0) is 23.0. The molecule has 0 saturated heterocycles. The molecular weight excluding hydrogens is 434 g/mol. The summed E-state index contributed by atoms with van der Waals surface area (Å²) in [5, 5.41) is 9.82. The summed E-state index contributed by atoms with van der Waals surface area (Å²) in [5.41, 5.74) is 1.53. The molecule has 2 heterocycles. The van der Waals surface area contributed by atoms with E-state index in [2.05, 4.69) is 24.9 Å². The maximum Gasteiger partial charge on any atom is 0.471 e. The normalized spacial score (nSPS) is 12.4. The molecule has 0 aliphatic rings. The van der Waals surface area contributed by atoms with Gasteiger partial charge in [0, 0.05) is 12.0 Å². The van der Waals surface area contributed by atoms with Crippen LogP contribution in [0.1, 0.15) is 35.1 Å². The lowest BCUT2D eigenvalue weighted by Gasteiger charge is -2.13. The van der Waals surface area contributed by atoms with Gasteiger partial charge in [-0.25, -0.2) is 4.68 Å². The van der Waals surface area contributed by atoms with Crippen LogP contribution in [0.25, 0.3) is 11.4 Å². The lowest BCUT2D eigenvalue weighted by molar-refractivity contribution is -0.159. The third kappa shape index (κ3) is 4.88. The van der Waals surface area contributed by atoms with Gasteiger partial charge in [-0.2, -0.15) is 31.3 Å². The number of aromatic nitrogens is 5. The van der Waals surface area contributed by atoms with Crippen LogP contribution in [0.15, 0.2) is 16.7 Å². The average Bonchev–Trinajstić information content (AvgIpc) is 3.27. The smallest absolute Gasteiger partial charge is 0.471 e. The summed E-state index contributed by atoms with van der Waals surface area (Å²) in [6.07, 6.45) is -9.05. The van der Waals surface area contributed by atoms with Crippen molar-refractivity contribution in [1.29, 1.82) is 0 Å². The molecule has 3 rings (SSSR count). The summed E-state index contributed by atoms with van der Waals surface area (Å²) in [5.74, 6) is 2.86. The topological polar surface area (TPSA) is 105 Å². The highest BCUT2D eigenvalue weighted by molar-refractivity contribution is 5.61. The summed E-state index contributed by atoms with van der Waals surface area (Å²) in [7, 11) is 0. The molecule has 0 aliphatic carbocycles. The van der Waals surface area contributed by atoms with E-state index in [9.17, 15) is 26.3 Å². The van der Waals surface area contributed by atoms with Gasteiger partial charge in [0.15, 0.2) is 5.82 Å². The molecule has 0 aliphatic heterocycles. The first kappa shape index (κ1) is 22.4. The molecule has 8 nitrogen and oxygen atoms in total. The van der Waals surface area contributed by atoms with Crippen molar-refractivity contribution >= 4 is 0 Å². The first-order chi connectivity index (χ1) is 14.4. The molecule has 0 bridgehead atoms. The molecule has 0 fully saturated rings. The number of nitrogen functional groups attached to an aromatic ring is 1. The van der Waals surface area contributed by atoms with Crippen molar-refractivity contribution in [3.05, 3.63) is 40.8 Å². The van der Waals surface area contributed by atoms with E-state index in [1.54, 1.807) is 26.0 Å². The van der Waals surface area contributed by atoms with Gasteiger partial charge in [0.1, 0.15) is 5.75 Å². The van der Waals surface area contributed by atoms with Crippen molar-refractivity contribution in [2.24, 2.45) is 0 Å². The molecule has 0 spiro atoms. The molecule has 14 heteroatoms. The Labute approximate surface area is 171 Å². The number of hydrogen-bond acceptors (Lipinski definition) is 7. The zero-order valence-electron chi connectivity index (χ0n) is 16.2. The first-order valence-electron chi connectivity index (χ1n) is 8.80. The fourth-order valence-corrected chi connectivity index (χ4v) is 2.85. The molecule has 0 atom stereocenters. The molecule has 0 amide bonds. The van der Waals surface area contributed by atoms with Gasteiger partial charge in [0.25, 0.3) is 5.82 Å². The Balaban J connectivity index is 1.64. The van der Waals surface area contributed by atoms with E-state index in [1.165, 1.54) is 0 Å². The number of ether oxygens (including phenoxy) is 1. The van der Waals surface area contributed by atoms with Crippen LogP contribution < -0.4 is 10.6 Å². The van der Waals surface area contributed by atoms with Crippen molar-refractivity contribution < 1.29 is 35.6 Å². The number of nitrogens with two attached hydrogens (primary N) is 1. The Morgan fingerprint density at radius 1 is 1.03 bits per heavy atom. The van der Waals surface area contributed by atoms with Crippen LogP contribution in [0.2, 0.25) is 0 Å². The lowest BCUT2D eigenvalue weighted by Crippen LogP contribution is -2.22. The summed E-state index contributed by atoms with van der Waals surface area (Å²) < 4.78 is 86.2. The van der Waals surface area contributed by atoms with Gasteiger partial charge in [0.05, 0.1) is 6.61 Å². The van der Waals surface area contributed by atoms with Crippen LogP contribution in [0.4, 0.5) is 26.3 Å². The third-order valence-corrected chi connectivity index (χ3v) is 4.20. The van der Waals surface area contributed by atoms with Crippen LogP contribution in [-0.4, -0.2) is 31.6 Å². The molecule has 0 radical (unpaired) electrons. The quantitative estimate of drug-likeness (QED) is 0.347. The fourth-order valence-electron chi connectivity index (χ4n) is 2.85. The summed E-state index contributed by atoms with van der Waals surface area (Å²) >= 11 is 0. The Morgan fingerprint density at radius 2 is 1.68 bits per heavy atom. The number of hydrogen-bond donors (Lipinski definition) is 1. The minimum atomic E-state index is -4.74. The minimum Gasteiger partial charge on any atom is -0.493 e. The van der Waals surface area contributed by atoms with Crippen LogP contribution in [0, 0.1) is 13.8 Å².